The summed E-state index contributed by atoms with van der Waals surface area (Å²) in [5.41, 5.74) is 2.30. The average Bonchev–Trinajstić information content (AvgIpc) is 2.83. The van der Waals surface area contributed by atoms with Crippen molar-refractivity contribution in [1.82, 2.24) is 0 Å². The molecule has 1 saturated carbocycles. The number of carboxylic acids is 1. The van der Waals surface area contributed by atoms with Crippen LogP contribution in [0.25, 0.3) is 0 Å². The quantitative estimate of drug-likeness (QED) is 0.741. The van der Waals surface area contributed by atoms with Crippen LogP contribution in [0.15, 0.2) is 18.2 Å². The molecule has 5 heteroatoms. The van der Waals surface area contributed by atoms with Gasteiger partial charge in [-0.15, -0.1) is 0 Å². The third kappa shape index (κ3) is 3.57. The molecular weight excluding hydrogens is 308 g/mol. The Kier molecular flexibility index (Phi) is 5.11. The molecule has 2 unspecified atom stereocenters. The number of aliphatic hydroxyl groups excluding tert-OH is 2. The Morgan fingerprint density at radius 2 is 2.17 bits per heavy atom. The van der Waals surface area contributed by atoms with Gasteiger partial charge in [0, 0.05) is 0 Å². The van der Waals surface area contributed by atoms with Gasteiger partial charge in [0.25, 0.3) is 0 Å². The first-order chi connectivity index (χ1) is 11.5. The van der Waals surface area contributed by atoms with Crippen LogP contribution in [0.1, 0.15) is 37.3 Å². The SMILES string of the molecule is C[C@@H](O)CCC1[C@H]2Cc3cccc(OCC(=O)O)c3CC2C[C@H]1O. The van der Waals surface area contributed by atoms with E-state index in [0.29, 0.717) is 17.6 Å². The van der Waals surface area contributed by atoms with Gasteiger partial charge in [0.1, 0.15) is 5.75 Å². The summed E-state index contributed by atoms with van der Waals surface area (Å²) in [7, 11) is 0. The van der Waals surface area contributed by atoms with E-state index in [-0.39, 0.29) is 24.7 Å². The van der Waals surface area contributed by atoms with E-state index in [2.05, 4.69) is 6.07 Å². The van der Waals surface area contributed by atoms with Crippen molar-refractivity contribution >= 4 is 5.97 Å². The van der Waals surface area contributed by atoms with Crippen molar-refractivity contribution in [2.75, 3.05) is 6.61 Å². The van der Waals surface area contributed by atoms with Crippen molar-refractivity contribution in [2.45, 2.75) is 51.2 Å². The standard InChI is InChI=1S/C19H26O5/c1-11(20)5-6-14-15-7-12-3-2-4-18(24-10-19(22)23)16(12)8-13(15)9-17(14)21/h2-4,11,13-15,17,20-21H,5-10H2,1H3,(H,22,23)/t11-,13?,14?,15+,17-/m1/s1. The molecule has 5 atom stereocenters. The summed E-state index contributed by atoms with van der Waals surface area (Å²) in [4.78, 5) is 10.8. The average molecular weight is 334 g/mol. The fourth-order valence-corrected chi connectivity index (χ4v) is 4.51. The number of rotatable bonds is 6. The lowest BCUT2D eigenvalue weighted by molar-refractivity contribution is -0.139. The van der Waals surface area contributed by atoms with E-state index in [9.17, 15) is 15.0 Å². The Labute approximate surface area is 142 Å². The highest BCUT2D eigenvalue weighted by atomic mass is 16.5. The molecule has 132 valence electrons. The molecule has 0 aliphatic heterocycles. The van der Waals surface area contributed by atoms with Gasteiger partial charge in [-0.1, -0.05) is 12.1 Å². The highest BCUT2D eigenvalue weighted by Crippen LogP contribution is 2.48. The van der Waals surface area contributed by atoms with Crippen LogP contribution in [0.2, 0.25) is 0 Å². The summed E-state index contributed by atoms with van der Waals surface area (Å²) in [6.45, 7) is 1.46. The molecule has 0 spiro atoms. The van der Waals surface area contributed by atoms with Crippen LogP contribution in [-0.2, 0) is 17.6 Å². The number of fused-ring (bicyclic) bond motifs is 2. The maximum absolute atomic E-state index is 10.8. The molecule has 1 aromatic carbocycles. The molecule has 0 aromatic heterocycles. The molecule has 5 nitrogen and oxygen atoms in total. The van der Waals surface area contributed by atoms with E-state index < -0.39 is 5.97 Å². The van der Waals surface area contributed by atoms with Crippen LogP contribution in [0.4, 0.5) is 0 Å². The predicted molar refractivity (Wildman–Crippen MR) is 89.0 cm³/mol. The summed E-state index contributed by atoms with van der Waals surface area (Å²) in [5.74, 6) is 0.759. The van der Waals surface area contributed by atoms with Gasteiger partial charge >= 0.3 is 5.97 Å². The predicted octanol–water partition coefficient (Wildman–Crippen LogP) is 2.02. The van der Waals surface area contributed by atoms with Crippen LogP contribution in [0.5, 0.6) is 5.75 Å². The van der Waals surface area contributed by atoms with Crippen LogP contribution < -0.4 is 4.74 Å². The van der Waals surface area contributed by atoms with Gasteiger partial charge in [-0.05, 0) is 74.0 Å². The minimum Gasteiger partial charge on any atom is -0.482 e. The van der Waals surface area contributed by atoms with Crippen LogP contribution in [0.3, 0.4) is 0 Å². The van der Waals surface area contributed by atoms with Crippen LogP contribution >= 0.6 is 0 Å². The first-order valence-electron chi connectivity index (χ1n) is 8.77. The smallest absolute Gasteiger partial charge is 0.341 e. The molecule has 1 fully saturated rings. The minimum atomic E-state index is -0.976. The van der Waals surface area contributed by atoms with Crippen molar-refractivity contribution < 1.29 is 24.9 Å². The maximum Gasteiger partial charge on any atom is 0.341 e. The third-order valence-electron chi connectivity index (χ3n) is 5.61. The Bertz CT molecular complexity index is 597. The lowest BCUT2D eigenvalue weighted by Gasteiger charge is -2.32. The van der Waals surface area contributed by atoms with Gasteiger partial charge < -0.3 is 20.1 Å². The van der Waals surface area contributed by atoms with Gasteiger partial charge in [0.2, 0.25) is 0 Å². The molecule has 3 rings (SSSR count). The number of carbonyl (C=O) groups is 1. The Hall–Kier alpha value is -1.59. The molecule has 2 aliphatic carbocycles. The van der Waals surface area contributed by atoms with Crippen molar-refractivity contribution in [2.24, 2.45) is 17.8 Å². The molecule has 0 bridgehead atoms. The van der Waals surface area contributed by atoms with E-state index in [1.54, 1.807) is 6.92 Å². The normalized spacial score (nSPS) is 29.6. The van der Waals surface area contributed by atoms with Gasteiger partial charge in [0.15, 0.2) is 6.61 Å². The van der Waals surface area contributed by atoms with Gasteiger partial charge in [-0.3, -0.25) is 0 Å². The number of hydrogen-bond acceptors (Lipinski definition) is 4. The highest BCUT2D eigenvalue weighted by Gasteiger charge is 2.44. The van der Waals surface area contributed by atoms with Crippen LogP contribution in [0, 0.1) is 17.8 Å². The topological polar surface area (TPSA) is 87.0 Å². The zero-order valence-electron chi connectivity index (χ0n) is 14.0. The second kappa shape index (κ2) is 7.11. The summed E-state index contributed by atoms with van der Waals surface area (Å²) >= 11 is 0. The molecular formula is C19H26O5. The molecule has 24 heavy (non-hydrogen) atoms. The monoisotopic (exact) mass is 334 g/mol. The molecule has 1 aromatic rings. The summed E-state index contributed by atoms with van der Waals surface area (Å²) in [5, 5.41) is 28.8. The zero-order valence-corrected chi connectivity index (χ0v) is 14.0. The Morgan fingerprint density at radius 3 is 2.88 bits per heavy atom. The second-order valence-corrected chi connectivity index (χ2v) is 7.30. The van der Waals surface area contributed by atoms with E-state index in [1.165, 1.54) is 5.56 Å². The second-order valence-electron chi connectivity index (χ2n) is 7.30. The number of aliphatic carboxylic acids is 1. The first-order valence-corrected chi connectivity index (χ1v) is 8.77. The van der Waals surface area contributed by atoms with E-state index >= 15 is 0 Å². The third-order valence-corrected chi connectivity index (χ3v) is 5.61. The van der Waals surface area contributed by atoms with E-state index in [0.717, 1.165) is 37.7 Å². The van der Waals surface area contributed by atoms with E-state index in [1.807, 2.05) is 12.1 Å². The maximum atomic E-state index is 10.8. The fraction of sp³-hybridized carbons (Fsp3) is 0.632. The van der Waals surface area contributed by atoms with Gasteiger partial charge in [0.05, 0.1) is 12.2 Å². The van der Waals surface area contributed by atoms with Crippen molar-refractivity contribution in [3.05, 3.63) is 29.3 Å². The summed E-state index contributed by atoms with van der Waals surface area (Å²) in [6, 6.07) is 5.82. The molecule has 0 radical (unpaired) electrons. The number of ether oxygens (including phenoxy) is 1. The number of aliphatic hydroxyl groups is 2. The Morgan fingerprint density at radius 1 is 1.38 bits per heavy atom. The molecule has 0 heterocycles. The summed E-state index contributed by atoms with van der Waals surface area (Å²) in [6.07, 6.45) is 3.44. The van der Waals surface area contributed by atoms with Crippen molar-refractivity contribution in [1.29, 1.82) is 0 Å². The zero-order chi connectivity index (χ0) is 17.3. The molecule has 0 amide bonds. The number of carboxylic acid groups (broad SMARTS) is 1. The van der Waals surface area contributed by atoms with Crippen LogP contribution in [-0.4, -0.2) is 40.1 Å². The highest BCUT2D eigenvalue weighted by molar-refractivity contribution is 5.68. The first kappa shape index (κ1) is 17.2. The molecule has 0 saturated heterocycles. The lowest BCUT2D eigenvalue weighted by Crippen LogP contribution is -2.28. The minimum absolute atomic E-state index is 0.237. The number of hydrogen-bond donors (Lipinski definition) is 3. The fourth-order valence-electron chi connectivity index (χ4n) is 4.51. The Balaban J connectivity index is 1.77. The van der Waals surface area contributed by atoms with Crippen molar-refractivity contribution in [3.8, 4) is 5.75 Å². The van der Waals surface area contributed by atoms with Crippen molar-refractivity contribution in [3.63, 3.8) is 0 Å². The largest absolute Gasteiger partial charge is 0.482 e. The van der Waals surface area contributed by atoms with Gasteiger partial charge in [-0.25, -0.2) is 4.79 Å². The summed E-state index contributed by atoms with van der Waals surface area (Å²) < 4.78 is 5.45. The lowest BCUT2D eigenvalue weighted by atomic mass is 9.73. The van der Waals surface area contributed by atoms with Gasteiger partial charge in [-0.2, -0.15) is 0 Å². The number of benzene rings is 1. The van der Waals surface area contributed by atoms with E-state index in [4.69, 9.17) is 9.84 Å². The molecule has 3 N–H and O–H groups in total. The molecule has 2 aliphatic rings.